The molecule has 0 heterocycles. The zero-order chi connectivity index (χ0) is 10.6. The molecule has 0 unspecified atom stereocenters. The Labute approximate surface area is 94.0 Å². The highest BCUT2D eigenvalue weighted by atomic mass is 79.9. The predicted molar refractivity (Wildman–Crippen MR) is 65.8 cm³/mol. The van der Waals surface area contributed by atoms with E-state index in [1.165, 1.54) is 21.3 Å². The summed E-state index contributed by atoms with van der Waals surface area (Å²) in [6.45, 7) is 5.88. The Bertz CT molecular complexity index is 287. The molecule has 14 heavy (non-hydrogen) atoms. The van der Waals surface area contributed by atoms with E-state index in [0.717, 1.165) is 19.5 Å². The number of nitrogens with two attached hydrogens (primary N) is 1. The van der Waals surface area contributed by atoms with E-state index in [2.05, 4.69) is 47.2 Å². The zero-order valence-corrected chi connectivity index (χ0v) is 10.3. The average Bonchev–Trinajstić information content (AvgIpc) is 2.14. The molecule has 0 amide bonds. The van der Waals surface area contributed by atoms with Crippen molar-refractivity contribution in [1.82, 2.24) is 0 Å². The molecular weight excluding hydrogens is 240 g/mol. The predicted octanol–water partition coefficient (Wildman–Crippen LogP) is 2.83. The molecule has 0 aliphatic heterocycles. The van der Waals surface area contributed by atoms with Crippen LogP contribution in [0.3, 0.4) is 0 Å². The van der Waals surface area contributed by atoms with Gasteiger partial charge in [0.2, 0.25) is 0 Å². The topological polar surface area (TPSA) is 38.0 Å². The maximum absolute atomic E-state index is 5.43. The van der Waals surface area contributed by atoms with Gasteiger partial charge in [-0.1, -0.05) is 15.9 Å². The molecule has 0 spiro atoms. The van der Waals surface area contributed by atoms with Gasteiger partial charge in [-0.2, -0.15) is 0 Å². The average molecular weight is 257 g/mol. The zero-order valence-electron chi connectivity index (χ0n) is 8.73. The molecule has 0 fully saturated rings. The van der Waals surface area contributed by atoms with E-state index in [1.54, 1.807) is 0 Å². The number of anilines is 1. The summed E-state index contributed by atoms with van der Waals surface area (Å²) in [5.41, 5.74) is 9.13. The van der Waals surface area contributed by atoms with Crippen LogP contribution in [0.15, 0.2) is 16.6 Å². The lowest BCUT2D eigenvalue weighted by molar-refractivity contribution is 0.874. The fraction of sp³-hybridized carbons (Fsp3) is 0.455. The molecule has 0 aliphatic rings. The van der Waals surface area contributed by atoms with Gasteiger partial charge >= 0.3 is 0 Å². The first-order chi connectivity index (χ1) is 6.65. The van der Waals surface area contributed by atoms with Crippen LogP contribution in [0.5, 0.6) is 0 Å². The molecule has 0 saturated carbocycles. The van der Waals surface area contributed by atoms with Gasteiger partial charge in [-0.3, -0.25) is 0 Å². The van der Waals surface area contributed by atoms with E-state index < -0.39 is 0 Å². The molecule has 78 valence electrons. The Kier molecular flexibility index (Phi) is 4.42. The summed E-state index contributed by atoms with van der Waals surface area (Å²) in [4.78, 5) is 0. The van der Waals surface area contributed by atoms with Crippen LogP contribution in [0, 0.1) is 13.8 Å². The van der Waals surface area contributed by atoms with Crippen LogP contribution in [0.25, 0.3) is 0 Å². The Morgan fingerprint density at radius 3 is 2.36 bits per heavy atom. The van der Waals surface area contributed by atoms with Crippen LogP contribution in [0.4, 0.5) is 5.69 Å². The van der Waals surface area contributed by atoms with Gasteiger partial charge in [0.15, 0.2) is 0 Å². The maximum Gasteiger partial charge on any atom is 0.0346 e. The molecular formula is C11H17BrN2. The minimum atomic E-state index is 0.738. The Morgan fingerprint density at radius 2 is 1.86 bits per heavy atom. The molecule has 0 aliphatic carbocycles. The number of rotatable bonds is 4. The van der Waals surface area contributed by atoms with E-state index in [0.29, 0.717) is 0 Å². The summed E-state index contributed by atoms with van der Waals surface area (Å²) in [5, 5.41) is 3.35. The first-order valence-electron chi connectivity index (χ1n) is 4.86. The van der Waals surface area contributed by atoms with Crippen LogP contribution in [-0.4, -0.2) is 13.1 Å². The highest BCUT2D eigenvalue weighted by Crippen LogP contribution is 2.24. The summed E-state index contributed by atoms with van der Waals surface area (Å²) < 4.78 is 1.20. The molecule has 0 aromatic heterocycles. The fourth-order valence-electron chi connectivity index (χ4n) is 1.38. The Hall–Kier alpha value is -0.540. The van der Waals surface area contributed by atoms with Gasteiger partial charge in [-0.25, -0.2) is 0 Å². The van der Waals surface area contributed by atoms with Crippen molar-refractivity contribution in [2.24, 2.45) is 5.73 Å². The molecule has 0 bridgehead atoms. The minimum absolute atomic E-state index is 0.738. The number of aryl methyl sites for hydroxylation is 2. The lowest BCUT2D eigenvalue weighted by Gasteiger charge is -2.09. The van der Waals surface area contributed by atoms with Crippen molar-refractivity contribution in [1.29, 1.82) is 0 Å². The van der Waals surface area contributed by atoms with E-state index in [4.69, 9.17) is 5.73 Å². The third-order valence-corrected chi connectivity index (χ3v) is 3.40. The standard InChI is InChI=1S/C11H17BrN2/c1-8-6-10(14-5-3-4-13)7-9(2)11(8)12/h6-7,14H,3-5,13H2,1-2H3. The van der Waals surface area contributed by atoms with Crippen LogP contribution >= 0.6 is 15.9 Å². The molecule has 0 atom stereocenters. The second kappa shape index (κ2) is 5.37. The van der Waals surface area contributed by atoms with Gasteiger partial charge < -0.3 is 11.1 Å². The van der Waals surface area contributed by atoms with Gasteiger partial charge in [0.1, 0.15) is 0 Å². The number of hydrogen-bond donors (Lipinski definition) is 2. The molecule has 1 rings (SSSR count). The van der Waals surface area contributed by atoms with Crippen molar-refractivity contribution in [3.05, 3.63) is 27.7 Å². The SMILES string of the molecule is Cc1cc(NCCCN)cc(C)c1Br. The largest absolute Gasteiger partial charge is 0.385 e. The van der Waals surface area contributed by atoms with E-state index >= 15 is 0 Å². The highest BCUT2D eigenvalue weighted by molar-refractivity contribution is 9.10. The maximum atomic E-state index is 5.43. The number of nitrogens with one attached hydrogen (secondary N) is 1. The van der Waals surface area contributed by atoms with Crippen molar-refractivity contribution in [3.63, 3.8) is 0 Å². The summed E-state index contributed by atoms with van der Waals surface area (Å²) >= 11 is 3.55. The van der Waals surface area contributed by atoms with Crippen LogP contribution < -0.4 is 11.1 Å². The quantitative estimate of drug-likeness (QED) is 0.814. The first-order valence-corrected chi connectivity index (χ1v) is 5.65. The van der Waals surface area contributed by atoms with Gasteiger partial charge in [-0.05, 0) is 50.1 Å². The molecule has 3 N–H and O–H groups in total. The monoisotopic (exact) mass is 256 g/mol. The highest BCUT2D eigenvalue weighted by Gasteiger charge is 2.01. The van der Waals surface area contributed by atoms with E-state index in [9.17, 15) is 0 Å². The van der Waals surface area contributed by atoms with Crippen molar-refractivity contribution >= 4 is 21.6 Å². The van der Waals surface area contributed by atoms with Crippen LogP contribution in [-0.2, 0) is 0 Å². The number of halogens is 1. The molecule has 3 heteroatoms. The van der Waals surface area contributed by atoms with Gasteiger partial charge in [-0.15, -0.1) is 0 Å². The summed E-state index contributed by atoms with van der Waals surface area (Å²) in [6.07, 6.45) is 1.01. The van der Waals surface area contributed by atoms with Crippen molar-refractivity contribution < 1.29 is 0 Å². The molecule has 2 nitrogen and oxygen atoms in total. The van der Waals surface area contributed by atoms with Crippen molar-refractivity contribution in [2.45, 2.75) is 20.3 Å². The second-order valence-corrected chi connectivity index (χ2v) is 4.29. The molecule has 1 aromatic rings. The van der Waals surface area contributed by atoms with Crippen molar-refractivity contribution in [2.75, 3.05) is 18.4 Å². The summed E-state index contributed by atoms with van der Waals surface area (Å²) in [7, 11) is 0. The lowest BCUT2D eigenvalue weighted by atomic mass is 10.1. The summed E-state index contributed by atoms with van der Waals surface area (Å²) in [5.74, 6) is 0. The minimum Gasteiger partial charge on any atom is -0.385 e. The number of benzene rings is 1. The number of hydrogen-bond acceptors (Lipinski definition) is 2. The molecule has 0 saturated heterocycles. The molecule has 0 radical (unpaired) electrons. The molecule has 1 aromatic carbocycles. The van der Waals surface area contributed by atoms with Gasteiger partial charge in [0.05, 0.1) is 0 Å². The Balaban J connectivity index is 2.69. The van der Waals surface area contributed by atoms with Crippen molar-refractivity contribution in [3.8, 4) is 0 Å². The third kappa shape index (κ3) is 3.00. The fourth-order valence-corrected chi connectivity index (χ4v) is 1.61. The van der Waals surface area contributed by atoms with Gasteiger partial charge in [0, 0.05) is 16.7 Å². The van der Waals surface area contributed by atoms with E-state index in [-0.39, 0.29) is 0 Å². The Morgan fingerprint density at radius 1 is 1.29 bits per heavy atom. The van der Waals surface area contributed by atoms with Crippen LogP contribution in [0.2, 0.25) is 0 Å². The smallest absolute Gasteiger partial charge is 0.0346 e. The normalized spacial score (nSPS) is 10.3. The third-order valence-electron chi connectivity index (χ3n) is 2.15. The first kappa shape index (κ1) is 11.5. The lowest BCUT2D eigenvalue weighted by Crippen LogP contribution is -2.08. The summed E-state index contributed by atoms with van der Waals surface area (Å²) in [6, 6.07) is 4.29. The van der Waals surface area contributed by atoms with Gasteiger partial charge in [0.25, 0.3) is 0 Å². The second-order valence-electron chi connectivity index (χ2n) is 3.49. The van der Waals surface area contributed by atoms with Crippen LogP contribution in [0.1, 0.15) is 17.5 Å². The van der Waals surface area contributed by atoms with E-state index in [1.807, 2.05) is 0 Å².